The Hall–Kier alpha value is -0.520. The van der Waals surface area contributed by atoms with E-state index < -0.39 is 0 Å². The number of hydrogen-bond donors (Lipinski definition) is 0. The van der Waals surface area contributed by atoms with Crippen LogP contribution in [0.3, 0.4) is 0 Å². The molecule has 0 N–H and O–H groups in total. The van der Waals surface area contributed by atoms with E-state index in [1.165, 1.54) is 57.8 Å². The van der Waals surface area contributed by atoms with Crippen molar-refractivity contribution < 1.29 is 0 Å². The smallest absolute Gasteiger partial charge is 0.00896 e. The van der Waals surface area contributed by atoms with Gasteiger partial charge in [-0.25, -0.2) is 0 Å². The van der Waals surface area contributed by atoms with Gasteiger partial charge in [-0.1, -0.05) is 69.8 Å². The summed E-state index contributed by atoms with van der Waals surface area (Å²) in [7, 11) is 0. The van der Waals surface area contributed by atoms with E-state index in [9.17, 15) is 0 Å². The molecule has 0 amide bonds. The Kier molecular flexibility index (Phi) is 4.88. The number of rotatable bonds is 5. The third-order valence-corrected chi connectivity index (χ3v) is 4.61. The first kappa shape index (κ1) is 12.9. The van der Waals surface area contributed by atoms with Crippen molar-refractivity contribution in [2.45, 2.75) is 64.7 Å². The second kappa shape index (κ2) is 6.42. The lowest BCUT2D eigenvalue weighted by molar-refractivity contribution is 0.202. The summed E-state index contributed by atoms with van der Waals surface area (Å²) in [5.41, 5.74) is 0.407. The molecule has 0 saturated heterocycles. The summed E-state index contributed by atoms with van der Waals surface area (Å²) < 4.78 is 0. The molecule has 1 radical (unpaired) electrons. The molecular formula is C17H27. The van der Waals surface area contributed by atoms with Crippen molar-refractivity contribution in [3.63, 3.8) is 0 Å². The number of unbranched alkanes of at least 4 members (excludes halogenated alkanes) is 2. The largest absolute Gasteiger partial charge is 0.0798 e. The maximum atomic E-state index is 2.50. The van der Waals surface area contributed by atoms with Gasteiger partial charge in [0, 0.05) is 11.8 Å². The number of hydrogen-bond acceptors (Lipinski definition) is 0. The summed E-state index contributed by atoms with van der Waals surface area (Å²) in [4.78, 5) is 0. The fraction of sp³-hybridized carbons (Fsp3) is 0.706. The minimum absolute atomic E-state index is 0.407. The zero-order valence-corrected chi connectivity index (χ0v) is 11.3. The molecule has 0 heteroatoms. The van der Waals surface area contributed by atoms with Crippen molar-refractivity contribution in [1.82, 2.24) is 0 Å². The topological polar surface area (TPSA) is 0 Å². The molecule has 0 nitrogen and oxygen atoms in total. The predicted molar refractivity (Wildman–Crippen MR) is 75.7 cm³/mol. The summed E-state index contributed by atoms with van der Waals surface area (Å²) in [5, 5.41) is 0. The van der Waals surface area contributed by atoms with E-state index in [1.807, 2.05) is 0 Å². The minimum atomic E-state index is 0.407. The highest BCUT2D eigenvalue weighted by molar-refractivity contribution is 5.26. The molecule has 0 aromatic rings. The Morgan fingerprint density at radius 3 is 2.35 bits per heavy atom. The van der Waals surface area contributed by atoms with Crippen LogP contribution in [0.25, 0.3) is 0 Å². The molecule has 2 rings (SSSR count). The van der Waals surface area contributed by atoms with Gasteiger partial charge in [-0.15, -0.1) is 0 Å². The lowest BCUT2D eigenvalue weighted by atomic mass is 9.65. The Morgan fingerprint density at radius 1 is 1.00 bits per heavy atom. The zero-order valence-electron chi connectivity index (χ0n) is 11.3. The average Bonchev–Trinajstić information content (AvgIpc) is 2.41. The van der Waals surface area contributed by atoms with Gasteiger partial charge in [-0.3, -0.25) is 0 Å². The van der Waals surface area contributed by atoms with Crippen LogP contribution in [0.5, 0.6) is 0 Å². The van der Waals surface area contributed by atoms with E-state index in [-0.39, 0.29) is 0 Å². The molecule has 1 fully saturated rings. The highest BCUT2D eigenvalue weighted by Gasteiger charge is 2.34. The Balaban J connectivity index is 2.02. The van der Waals surface area contributed by atoms with E-state index >= 15 is 0 Å². The summed E-state index contributed by atoms with van der Waals surface area (Å²) in [6.45, 7) is 2.30. The minimum Gasteiger partial charge on any atom is -0.0798 e. The first-order valence-electron chi connectivity index (χ1n) is 7.58. The van der Waals surface area contributed by atoms with Crippen LogP contribution in [0.4, 0.5) is 0 Å². The molecular weight excluding hydrogens is 204 g/mol. The first-order valence-corrected chi connectivity index (χ1v) is 7.58. The van der Waals surface area contributed by atoms with Crippen LogP contribution in [0, 0.1) is 17.8 Å². The third kappa shape index (κ3) is 3.24. The lowest BCUT2D eigenvalue weighted by Crippen LogP contribution is -2.29. The van der Waals surface area contributed by atoms with E-state index in [1.54, 1.807) is 0 Å². The standard InChI is InChI=1S/C17H27/c1-2-3-8-13-17(14-9-5-10-15-17)16-11-6-4-7-12-16/h5,9-10,14-16H,2-4,6-8,11-13H2,1H3. The summed E-state index contributed by atoms with van der Waals surface area (Å²) in [5.74, 6) is 0.911. The molecule has 0 aromatic carbocycles. The van der Waals surface area contributed by atoms with Crippen molar-refractivity contribution in [1.29, 1.82) is 0 Å². The van der Waals surface area contributed by atoms with E-state index in [0.717, 1.165) is 5.92 Å². The maximum Gasteiger partial charge on any atom is 0.00896 e. The molecule has 17 heavy (non-hydrogen) atoms. The molecule has 0 unspecified atom stereocenters. The monoisotopic (exact) mass is 231 g/mol. The predicted octanol–water partition coefficient (Wildman–Crippen LogP) is 5.46. The van der Waals surface area contributed by atoms with Crippen LogP contribution in [0.15, 0.2) is 24.3 Å². The molecule has 1 saturated carbocycles. The van der Waals surface area contributed by atoms with Gasteiger partial charge in [0.25, 0.3) is 0 Å². The van der Waals surface area contributed by atoms with Crippen molar-refractivity contribution in [2.24, 2.45) is 11.3 Å². The number of allylic oxidation sites excluding steroid dienone is 4. The molecule has 2 aliphatic carbocycles. The maximum absolute atomic E-state index is 2.50. The van der Waals surface area contributed by atoms with Gasteiger partial charge in [0.2, 0.25) is 0 Å². The lowest BCUT2D eigenvalue weighted by Gasteiger charge is -2.40. The van der Waals surface area contributed by atoms with Crippen molar-refractivity contribution >= 4 is 0 Å². The van der Waals surface area contributed by atoms with Crippen LogP contribution in [-0.2, 0) is 0 Å². The second-order valence-electron chi connectivity index (χ2n) is 5.82. The van der Waals surface area contributed by atoms with Gasteiger partial charge < -0.3 is 0 Å². The van der Waals surface area contributed by atoms with Gasteiger partial charge in [0.1, 0.15) is 0 Å². The molecule has 2 aliphatic rings. The Labute approximate surface area is 107 Å². The fourth-order valence-electron chi connectivity index (χ4n) is 3.55. The van der Waals surface area contributed by atoms with Crippen LogP contribution in [0.1, 0.15) is 64.7 Å². The molecule has 95 valence electrons. The summed E-state index contributed by atoms with van der Waals surface area (Å²) in [6.07, 6.45) is 24.5. The van der Waals surface area contributed by atoms with Gasteiger partial charge in [0.15, 0.2) is 0 Å². The second-order valence-corrected chi connectivity index (χ2v) is 5.82. The Bertz CT molecular complexity index is 254. The third-order valence-electron chi connectivity index (χ3n) is 4.61. The van der Waals surface area contributed by atoms with Gasteiger partial charge in [-0.2, -0.15) is 0 Å². The summed E-state index contributed by atoms with van der Waals surface area (Å²) >= 11 is 0. The molecule has 0 aromatic heterocycles. The van der Waals surface area contributed by atoms with Crippen LogP contribution in [-0.4, -0.2) is 0 Å². The molecule has 0 bridgehead atoms. The first-order chi connectivity index (χ1) is 8.37. The fourth-order valence-corrected chi connectivity index (χ4v) is 3.55. The van der Waals surface area contributed by atoms with E-state index in [0.29, 0.717) is 5.41 Å². The van der Waals surface area contributed by atoms with Crippen molar-refractivity contribution in [3.05, 3.63) is 30.7 Å². The quantitative estimate of drug-likeness (QED) is 0.551. The van der Waals surface area contributed by atoms with Crippen LogP contribution >= 0.6 is 0 Å². The Morgan fingerprint density at radius 2 is 1.71 bits per heavy atom. The zero-order chi connectivity index (χ0) is 12.0. The normalized spacial score (nSPS) is 24.1. The molecule has 0 atom stereocenters. The van der Waals surface area contributed by atoms with E-state index in [2.05, 4.69) is 37.6 Å². The van der Waals surface area contributed by atoms with Crippen molar-refractivity contribution in [3.8, 4) is 0 Å². The highest BCUT2D eigenvalue weighted by Crippen LogP contribution is 2.45. The van der Waals surface area contributed by atoms with Gasteiger partial charge in [-0.05, 0) is 25.2 Å². The van der Waals surface area contributed by atoms with Crippen LogP contribution < -0.4 is 0 Å². The van der Waals surface area contributed by atoms with Crippen LogP contribution in [0.2, 0.25) is 0 Å². The van der Waals surface area contributed by atoms with E-state index in [4.69, 9.17) is 0 Å². The average molecular weight is 231 g/mol. The van der Waals surface area contributed by atoms with Gasteiger partial charge >= 0.3 is 0 Å². The van der Waals surface area contributed by atoms with Gasteiger partial charge in [0.05, 0.1) is 0 Å². The molecule has 0 spiro atoms. The molecule has 0 aliphatic heterocycles. The van der Waals surface area contributed by atoms with Crippen molar-refractivity contribution in [2.75, 3.05) is 0 Å². The highest BCUT2D eigenvalue weighted by atomic mass is 14.4. The SMILES string of the molecule is CCCCCC1(C2CCCCC2)C=C[CH]C=C1. The molecule has 0 heterocycles. The summed E-state index contributed by atoms with van der Waals surface area (Å²) in [6, 6.07) is 0.